The minimum atomic E-state index is -3.51. The Kier molecular flexibility index (Phi) is 2.92. The first kappa shape index (κ1) is 13.3. The molecule has 2 heterocycles. The third-order valence-corrected chi connectivity index (χ3v) is 7.59. The van der Waals surface area contributed by atoms with Crippen molar-refractivity contribution in [2.24, 2.45) is 5.92 Å². The van der Waals surface area contributed by atoms with E-state index < -0.39 is 20.9 Å². The number of amides is 1. The fourth-order valence-corrected chi connectivity index (χ4v) is 5.42. The topological polar surface area (TPSA) is 77.9 Å². The third-order valence-electron chi connectivity index (χ3n) is 4.99. The molecule has 0 aromatic heterocycles. The van der Waals surface area contributed by atoms with E-state index in [2.05, 4.69) is 0 Å². The summed E-state index contributed by atoms with van der Waals surface area (Å²) in [5.41, 5.74) is 0. The Labute approximate surface area is 113 Å². The number of aliphatic hydroxyl groups is 1. The Morgan fingerprint density at radius 2 is 2.05 bits per heavy atom. The zero-order valence-corrected chi connectivity index (χ0v) is 11.9. The highest BCUT2D eigenvalue weighted by Gasteiger charge is 2.61. The smallest absolute Gasteiger partial charge is 0.225 e. The number of β-amino-alcohol motifs (C(OH)–C–C–N with tert-alkyl or cyclic N) is 1. The largest absolute Gasteiger partial charge is 0.390 e. The molecule has 108 valence electrons. The summed E-state index contributed by atoms with van der Waals surface area (Å²) in [6.45, 7) is 0.726. The van der Waals surface area contributed by atoms with E-state index in [0.717, 1.165) is 19.3 Å². The molecule has 3 rings (SSSR count). The summed E-state index contributed by atoms with van der Waals surface area (Å²) >= 11 is 0. The molecule has 1 amide bonds. The van der Waals surface area contributed by atoms with Gasteiger partial charge in [-0.05, 0) is 19.3 Å². The van der Waals surface area contributed by atoms with Gasteiger partial charge >= 0.3 is 0 Å². The summed E-state index contributed by atoms with van der Waals surface area (Å²) in [6.07, 6.45) is 2.36. The highest BCUT2D eigenvalue weighted by atomic mass is 32.2. The van der Waals surface area contributed by atoms with Gasteiger partial charge in [0, 0.05) is 32.6 Å². The fraction of sp³-hybridized carbons (Fsp3) is 0.917. The number of likely N-dealkylation sites (tertiary alicyclic amines) is 1. The van der Waals surface area contributed by atoms with Crippen LogP contribution >= 0.6 is 0 Å². The summed E-state index contributed by atoms with van der Waals surface area (Å²) in [4.78, 5) is 13.8. The molecule has 2 atom stereocenters. The van der Waals surface area contributed by atoms with Gasteiger partial charge < -0.3 is 10.0 Å². The molecule has 1 spiro atoms. The molecule has 0 bridgehead atoms. The average Bonchev–Trinajstić information content (AvgIpc) is 2.77. The highest BCUT2D eigenvalue weighted by molar-refractivity contribution is 7.90. The van der Waals surface area contributed by atoms with Gasteiger partial charge in [0.25, 0.3) is 0 Å². The van der Waals surface area contributed by atoms with E-state index in [0.29, 0.717) is 13.0 Å². The number of carbonyl (C=O) groups excluding carboxylic acids is 1. The van der Waals surface area contributed by atoms with Crippen molar-refractivity contribution in [3.63, 3.8) is 0 Å². The Hall–Kier alpha value is -0.660. The molecule has 3 aliphatic rings. The monoisotopic (exact) mass is 288 g/mol. The summed E-state index contributed by atoms with van der Waals surface area (Å²) in [5, 5.41) is 10.1. The van der Waals surface area contributed by atoms with Crippen LogP contribution in [0.2, 0.25) is 0 Å². The molecule has 2 saturated heterocycles. The molecule has 0 radical (unpaired) electrons. The lowest BCUT2D eigenvalue weighted by Crippen LogP contribution is -2.49. The van der Waals surface area contributed by atoms with E-state index in [1.807, 2.05) is 0 Å². The van der Waals surface area contributed by atoms with Crippen LogP contribution in [-0.4, -0.2) is 66.2 Å². The SMILES string of the molecule is CN1C[C@@H](O)[C@]2(CCN(C(=O)C3CCC3)C2)S1(=O)=O. The van der Waals surface area contributed by atoms with E-state index in [4.69, 9.17) is 0 Å². The van der Waals surface area contributed by atoms with Crippen LogP contribution in [-0.2, 0) is 14.8 Å². The number of carbonyl (C=O) groups is 1. The van der Waals surface area contributed by atoms with Gasteiger partial charge in [0.1, 0.15) is 4.75 Å². The Morgan fingerprint density at radius 3 is 2.53 bits per heavy atom. The zero-order chi connectivity index (χ0) is 13.8. The lowest BCUT2D eigenvalue weighted by Gasteiger charge is -2.31. The van der Waals surface area contributed by atoms with Crippen LogP contribution in [0.1, 0.15) is 25.7 Å². The lowest BCUT2D eigenvalue weighted by molar-refractivity contribution is -0.137. The summed E-state index contributed by atoms with van der Waals surface area (Å²) < 4.78 is 24.8. The molecule has 0 unspecified atom stereocenters. The maximum Gasteiger partial charge on any atom is 0.225 e. The van der Waals surface area contributed by atoms with Crippen molar-refractivity contribution in [1.29, 1.82) is 0 Å². The minimum absolute atomic E-state index is 0.0695. The van der Waals surface area contributed by atoms with Crippen LogP contribution in [0.15, 0.2) is 0 Å². The predicted molar refractivity (Wildman–Crippen MR) is 68.8 cm³/mol. The molecule has 1 aliphatic carbocycles. The van der Waals surface area contributed by atoms with Gasteiger partial charge in [-0.25, -0.2) is 12.7 Å². The van der Waals surface area contributed by atoms with Crippen molar-refractivity contribution < 1.29 is 18.3 Å². The average molecular weight is 288 g/mol. The molecule has 19 heavy (non-hydrogen) atoms. The summed E-state index contributed by atoms with van der Waals surface area (Å²) in [7, 11) is -2.02. The Morgan fingerprint density at radius 1 is 1.37 bits per heavy atom. The van der Waals surface area contributed by atoms with Crippen LogP contribution in [0.25, 0.3) is 0 Å². The second kappa shape index (κ2) is 4.17. The van der Waals surface area contributed by atoms with Crippen molar-refractivity contribution in [3.05, 3.63) is 0 Å². The van der Waals surface area contributed by atoms with E-state index in [1.165, 1.54) is 11.4 Å². The van der Waals surface area contributed by atoms with Crippen molar-refractivity contribution in [1.82, 2.24) is 9.21 Å². The van der Waals surface area contributed by atoms with Crippen molar-refractivity contribution >= 4 is 15.9 Å². The molecule has 2 aliphatic heterocycles. The van der Waals surface area contributed by atoms with Crippen molar-refractivity contribution in [3.8, 4) is 0 Å². The zero-order valence-electron chi connectivity index (χ0n) is 11.1. The second-order valence-electron chi connectivity index (χ2n) is 6.00. The number of rotatable bonds is 1. The van der Waals surface area contributed by atoms with Gasteiger partial charge in [-0.3, -0.25) is 4.79 Å². The Balaban J connectivity index is 1.82. The number of likely N-dealkylation sites (N-methyl/N-ethyl adjacent to an activating group) is 1. The van der Waals surface area contributed by atoms with Crippen molar-refractivity contribution in [2.45, 2.75) is 36.5 Å². The maximum atomic E-state index is 12.4. The molecule has 3 fully saturated rings. The van der Waals surface area contributed by atoms with Crippen LogP contribution in [0.5, 0.6) is 0 Å². The van der Waals surface area contributed by atoms with Crippen LogP contribution in [0.3, 0.4) is 0 Å². The van der Waals surface area contributed by atoms with Crippen molar-refractivity contribution in [2.75, 3.05) is 26.7 Å². The third kappa shape index (κ3) is 1.68. The highest BCUT2D eigenvalue weighted by Crippen LogP contribution is 2.41. The summed E-state index contributed by atoms with van der Waals surface area (Å²) in [5.74, 6) is 0.147. The number of hydrogen-bond acceptors (Lipinski definition) is 4. The van der Waals surface area contributed by atoms with Gasteiger partial charge in [0.2, 0.25) is 15.9 Å². The number of aliphatic hydroxyl groups excluding tert-OH is 1. The molecule has 1 N–H and O–H groups in total. The maximum absolute atomic E-state index is 12.4. The number of sulfonamides is 1. The minimum Gasteiger partial charge on any atom is -0.390 e. The first-order chi connectivity index (χ1) is 8.88. The quantitative estimate of drug-likeness (QED) is 0.698. The first-order valence-electron chi connectivity index (χ1n) is 6.81. The summed E-state index contributed by atoms with van der Waals surface area (Å²) in [6, 6.07) is 0. The second-order valence-corrected chi connectivity index (χ2v) is 8.39. The lowest BCUT2D eigenvalue weighted by atomic mass is 9.84. The fourth-order valence-electron chi connectivity index (χ4n) is 3.38. The molecule has 0 aromatic rings. The normalized spacial score (nSPS) is 38.8. The van der Waals surface area contributed by atoms with Crippen LogP contribution in [0.4, 0.5) is 0 Å². The van der Waals surface area contributed by atoms with Gasteiger partial charge in [-0.1, -0.05) is 6.42 Å². The molecular formula is C12H20N2O4S. The van der Waals surface area contributed by atoms with Gasteiger partial charge in [-0.2, -0.15) is 0 Å². The molecule has 0 aromatic carbocycles. The molecule has 1 saturated carbocycles. The van der Waals surface area contributed by atoms with E-state index >= 15 is 0 Å². The first-order valence-corrected chi connectivity index (χ1v) is 8.25. The molecule has 6 nitrogen and oxygen atoms in total. The van der Waals surface area contributed by atoms with Gasteiger partial charge in [0.15, 0.2) is 0 Å². The van der Waals surface area contributed by atoms with Gasteiger partial charge in [-0.15, -0.1) is 0 Å². The standard InChI is InChI=1S/C12H20N2O4S/c1-13-7-10(15)12(19(13,17)18)5-6-14(8-12)11(16)9-3-2-4-9/h9-10,15H,2-8H2,1H3/t10-,12-/m1/s1. The van der Waals surface area contributed by atoms with Gasteiger partial charge in [0.05, 0.1) is 6.10 Å². The van der Waals surface area contributed by atoms with E-state index in [9.17, 15) is 18.3 Å². The van der Waals surface area contributed by atoms with Crippen LogP contribution < -0.4 is 0 Å². The molecular weight excluding hydrogens is 268 g/mol. The van der Waals surface area contributed by atoms with Crippen LogP contribution in [0, 0.1) is 5.92 Å². The van der Waals surface area contributed by atoms with E-state index in [-0.39, 0.29) is 24.9 Å². The number of hydrogen-bond donors (Lipinski definition) is 1. The number of nitrogens with zero attached hydrogens (tertiary/aromatic N) is 2. The predicted octanol–water partition coefficient (Wildman–Crippen LogP) is -0.606. The Bertz CT molecular complexity index is 502. The molecule has 7 heteroatoms. The van der Waals surface area contributed by atoms with E-state index in [1.54, 1.807) is 4.90 Å².